The summed E-state index contributed by atoms with van der Waals surface area (Å²) in [6.07, 6.45) is 3.75. The van der Waals surface area contributed by atoms with Gasteiger partial charge in [0.25, 0.3) is 0 Å². The van der Waals surface area contributed by atoms with Crippen LogP contribution in [0.4, 0.5) is 5.95 Å². The minimum atomic E-state index is 0.252. The standard InChI is InChI=1S/C12H22N4/c1-12(2,3)9-16(5)11-14-7-10(6-13-4)8-15-11/h7-8,13H,6,9H2,1-5H3. The van der Waals surface area contributed by atoms with Gasteiger partial charge in [0.05, 0.1) is 0 Å². The summed E-state index contributed by atoms with van der Waals surface area (Å²) >= 11 is 0. The normalized spacial score (nSPS) is 11.6. The molecule has 0 atom stereocenters. The van der Waals surface area contributed by atoms with E-state index in [1.807, 2.05) is 26.5 Å². The van der Waals surface area contributed by atoms with Crippen LogP contribution in [0.5, 0.6) is 0 Å². The van der Waals surface area contributed by atoms with Crippen LogP contribution in [0, 0.1) is 5.41 Å². The van der Waals surface area contributed by atoms with Crippen molar-refractivity contribution in [3.8, 4) is 0 Å². The Morgan fingerprint density at radius 2 is 1.81 bits per heavy atom. The highest BCUT2D eigenvalue weighted by Gasteiger charge is 2.15. The van der Waals surface area contributed by atoms with Crippen LogP contribution in [-0.4, -0.2) is 30.6 Å². The lowest BCUT2D eigenvalue weighted by molar-refractivity contribution is 0.416. The molecule has 0 fully saturated rings. The molecule has 0 saturated heterocycles. The Balaban J connectivity index is 2.66. The van der Waals surface area contributed by atoms with E-state index in [9.17, 15) is 0 Å². The summed E-state index contributed by atoms with van der Waals surface area (Å²) in [6.45, 7) is 8.37. The Morgan fingerprint density at radius 3 is 2.25 bits per heavy atom. The monoisotopic (exact) mass is 222 g/mol. The molecule has 0 aromatic carbocycles. The van der Waals surface area contributed by atoms with E-state index in [4.69, 9.17) is 0 Å². The van der Waals surface area contributed by atoms with Crippen molar-refractivity contribution in [2.45, 2.75) is 27.3 Å². The summed E-state index contributed by atoms with van der Waals surface area (Å²) < 4.78 is 0. The molecule has 1 N–H and O–H groups in total. The number of hydrogen-bond donors (Lipinski definition) is 1. The van der Waals surface area contributed by atoms with Crippen LogP contribution >= 0.6 is 0 Å². The fourth-order valence-corrected chi connectivity index (χ4v) is 1.62. The van der Waals surface area contributed by atoms with Gasteiger partial charge in [-0.3, -0.25) is 0 Å². The highest BCUT2D eigenvalue weighted by Crippen LogP contribution is 2.16. The van der Waals surface area contributed by atoms with Crippen LogP contribution in [0.1, 0.15) is 26.3 Å². The molecule has 0 saturated carbocycles. The summed E-state index contributed by atoms with van der Waals surface area (Å²) in [5, 5.41) is 3.08. The first-order valence-electron chi connectivity index (χ1n) is 5.59. The summed E-state index contributed by atoms with van der Waals surface area (Å²) in [5.41, 5.74) is 1.36. The molecular formula is C12H22N4. The van der Waals surface area contributed by atoms with E-state index in [2.05, 4.69) is 41.0 Å². The number of nitrogens with one attached hydrogen (secondary N) is 1. The summed E-state index contributed by atoms with van der Waals surface area (Å²) in [5.74, 6) is 0.787. The molecule has 1 aromatic rings. The Hall–Kier alpha value is -1.16. The number of aromatic nitrogens is 2. The Morgan fingerprint density at radius 1 is 1.25 bits per heavy atom. The van der Waals surface area contributed by atoms with Crippen molar-refractivity contribution in [2.24, 2.45) is 5.41 Å². The lowest BCUT2D eigenvalue weighted by Crippen LogP contribution is -2.30. The fourth-order valence-electron chi connectivity index (χ4n) is 1.62. The zero-order chi connectivity index (χ0) is 12.2. The Bertz CT molecular complexity index is 313. The first-order valence-corrected chi connectivity index (χ1v) is 5.59. The van der Waals surface area contributed by atoms with Crippen molar-refractivity contribution < 1.29 is 0 Å². The van der Waals surface area contributed by atoms with Crippen molar-refractivity contribution in [2.75, 3.05) is 25.5 Å². The van der Waals surface area contributed by atoms with Gasteiger partial charge in [0.1, 0.15) is 0 Å². The van der Waals surface area contributed by atoms with E-state index < -0.39 is 0 Å². The third-order valence-electron chi connectivity index (χ3n) is 2.13. The van der Waals surface area contributed by atoms with Crippen molar-refractivity contribution in [1.82, 2.24) is 15.3 Å². The van der Waals surface area contributed by atoms with Gasteiger partial charge >= 0.3 is 0 Å². The molecule has 0 spiro atoms. The van der Waals surface area contributed by atoms with Gasteiger partial charge in [0, 0.05) is 38.1 Å². The van der Waals surface area contributed by atoms with Gasteiger partial charge in [-0.05, 0) is 12.5 Å². The molecule has 0 aliphatic heterocycles. The zero-order valence-electron chi connectivity index (χ0n) is 10.9. The van der Waals surface area contributed by atoms with Crippen LogP contribution in [0.3, 0.4) is 0 Å². The van der Waals surface area contributed by atoms with E-state index in [-0.39, 0.29) is 5.41 Å². The van der Waals surface area contributed by atoms with Crippen LogP contribution in [0.15, 0.2) is 12.4 Å². The molecule has 16 heavy (non-hydrogen) atoms. The van der Waals surface area contributed by atoms with Gasteiger partial charge in [-0.25, -0.2) is 9.97 Å². The zero-order valence-corrected chi connectivity index (χ0v) is 10.9. The second kappa shape index (κ2) is 5.25. The summed E-state index contributed by atoms with van der Waals surface area (Å²) in [4.78, 5) is 10.8. The molecule has 0 aliphatic rings. The highest BCUT2D eigenvalue weighted by atomic mass is 15.2. The van der Waals surface area contributed by atoms with E-state index in [1.165, 1.54) is 0 Å². The lowest BCUT2D eigenvalue weighted by Gasteiger charge is -2.26. The molecule has 0 unspecified atom stereocenters. The molecule has 0 amide bonds. The maximum absolute atomic E-state index is 4.36. The van der Waals surface area contributed by atoms with Crippen LogP contribution < -0.4 is 10.2 Å². The summed E-state index contributed by atoms with van der Waals surface area (Å²) in [6, 6.07) is 0. The highest BCUT2D eigenvalue weighted by molar-refractivity contribution is 5.28. The minimum Gasteiger partial charge on any atom is -0.343 e. The second-order valence-corrected chi connectivity index (χ2v) is 5.34. The predicted octanol–water partition coefficient (Wildman–Crippen LogP) is 1.68. The smallest absolute Gasteiger partial charge is 0.225 e. The Labute approximate surface area is 98.1 Å². The molecule has 1 heterocycles. The van der Waals surface area contributed by atoms with Crippen LogP contribution in [0.25, 0.3) is 0 Å². The quantitative estimate of drug-likeness (QED) is 0.841. The first kappa shape index (κ1) is 12.9. The SMILES string of the molecule is CNCc1cnc(N(C)CC(C)(C)C)nc1. The summed E-state index contributed by atoms with van der Waals surface area (Å²) in [7, 11) is 3.94. The topological polar surface area (TPSA) is 41.1 Å². The van der Waals surface area contributed by atoms with Gasteiger partial charge in [-0.1, -0.05) is 20.8 Å². The van der Waals surface area contributed by atoms with Crippen molar-refractivity contribution in [3.05, 3.63) is 18.0 Å². The minimum absolute atomic E-state index is 0.252. The molecule has 4 heteroatoms. The van der Waals surface area contributed by atoms with E-state index in [0.717, 1.165) is 24.6 Å². The lowest BCUT2D eigenvalue weighted by atomic mass is 9.96. The predicted molar refractivity (Wildman–Crippen MR) is 67.5 cm³/mol. The number of anilines is 1. The third-order valence-corrected chi connectivity index (χ3v) is 2.13. The van der Waals surface area contributed by atoms with Gasteiger partial charge in [0.15, 0.2) is 0 Å². The maximum atomic E-state index is 4.36. The average Bonchev–Trinajstić information content (AvgIpc) is 2.16. The second-order valence-electron chi connectivity index (χ2n) is 5.34. The number of rotatable bonds is 4. The van der Waals surface area contributed by atoms with Gasteiger partial charge in [0.2, 0.25) is 5.95 Å². The van der Waals surface area contributed by atoms with Gasteiger partial charge < -0.3 is 10.2 Å². The van der Waals surface area contributed by atoms with Crippen LogP contribution in [0.2, 0.25) is 0 Å². The molecule has 0 bridgehead atoms. The van der Waals surface area contributed by atoms with Crippen molar-refractivity contribution >= 4 is 5.95 Å². The number of nitrogens with zero attached hydrogens (tertiary/aromatic N) is 3. The number of hydrogen-bond acceptors (Lipinski definition) is 4. The van der Waals surface area contributed by atoms with E-state index in [0.29, 0.717) is 0 Å². The molecule has 90 valence electrons. The average molecular weight is 222 g/mol. The van der Waals surface area contributed by atoms with Crippen LogP contribution in [-0.2, 0) is 6.54 Å². The Kier molecular flexibility index (Phi) is 4.24. The molecule has 0 radical (unpaired) electrons. The van der Waals surface area contributed by atoms with Gasteiger partial charge in [-0.15, -0.1) is 0 Å². The largest absolute Gasteiger partial charge is 0.343 e. The van der Waals surface area contributed by atoms with Gasteiger partial charge in [-0.2, -0.15) is 0 Å². The molecule has 1 aromatic heterocycles. The van der Waals surface area contributed by atoms with E-state index >= 15 is 0 Å². The molecule has 1 rings (SSSR count). The van der Waals surface area contributed by atoms with Crippen molar-refractivity contribution in [3.63, 3.8) is 0 Å². The maximum Gasteiger partial charge on any atom is 0.225 e. The fraction of sp³-hybridized carbons (Fsp3) is 0.667. The first-order chi connectivity index (χ1) is 7.42. The molecule has 4 nitrogen and oxygen atoms in total. The third kappa shape index (κ3) is 4.14. The molecule has 0 aliphatic carbocycles. The van der Waals surface area contributed by atoms with Crippen molar-refractivity contribution in [1.29, 1.82) is 0 Å². The van der Waals surface area contributed by atoms with E-state index in [1.54, 1.807) is 0 Å². The molecular weight excluding hydrogens is 200 g/mol.